The van der Waals surface area contributed by atoms with Crippen molar-refractivity contribution < 1.29 is 9.59 Å². The molecule has 0 atom stereocenters. The van der Waals surface area contributed by atoms with Gasteiger partial charge in [-0.05, 0) is 36.6 Å². The van der Waals surface area contributed by atoms with E-state index in [4.69, 9.17) is 0 Å². The molecular formula is C16H18N4O2. The molecule has 22 heavy (non-hydrogen) atoms. The minimum Gasteiger partial charge on any atom is -0.266 e. The lowest BCUT2D eigenvalue weighted by Crippen LogP contribution is -2.42. The van der Waals surface area contributed by atoms with E-state index in [2.05, 4.69) is 27.7 Å². The Hall–Kier alpha value is -2.76. The number of unbranched alkanes of at least 4 members (excludes halogenated alkanes) is 1. The Labute approximate surface area is 129 Å². The molecular weight excluding hydrogens is 280 g/mol. The standard InChI is InChI=1S/C16H18N4O2/c1-2-3-6-12-8-9-14(18-11-12)16(22)20-19-15(21)13-7-4-5-10-17-13/h4-5,7-11H,2-3,6H2,1H3,(H,19,21)(H,20,22). The highest BCUT2D eigenvalue weighted by atomic mass is 16.2. The van der Waals surface area contributed by atoms with Gasteiger partial charge < -0.3 is 0 Å². The van der Waals surface area contributed by atoms with Crippen molar-refractivity contribution >= 4 is 11.8 Å². The van der Waals surface area contributed by atoms with Crippen molar-refractivity contribution in [2.75, 3.05) is 0 Å². The Balaban J connectivity index is 1.88. The predicted molar refractivity (Wildman–Crippen MR) is 82.0 cm³/mol. The molecule has 0 radical (unpaired) electrons. The molecule has 0 aromatic carbocycles. The molecule has 2 heterocycles. The molecule has 0 saturated heterocycles. The molecule has 6 heteroatoms. The molecule has 0 aliphatic heterocycles. The van der Waals surface area contributed by atoms with E-state index < -0.39 is 11.8 Å². The first-order chi connectivity index (χ1) is 10.7. The summed E-state index contributed by atoms with van der Waals surface area (Å²) in [6, 6.07) is 8.48. The lowest BCUT2D eigenvalue weighted by molar-refractivity contribution is 0.0841. The van der Waals surface area contributed by atoms with Crippen molar-refractivity contribution in [2.24, 2.45) is 0 Å². The summed E-state index contributed by atoms with van der Waals surface area (Å²) in [4.78, 5) is 31.6. The summed E-state index contributed by atoms with van der Waals surface area (Å²) < 4.78 is 0. The second-order valence-electron chi connectivity index (χ2n) is 4.78. The lowest BCUT2D eigenvalue weighted by Gasteiger charge is -2.07. The van der Waals surface area contributed by atoms with Crippen LogP contribution in [0.1, 0.15) is 46.3 Å². The van der Waals surface area contributed by atoms with E-state index in [9.17, 15) is 9.59 Å². The average Bonchev–Trinajstić information content (AvgIpc) is 2.58. The van der Waals surface area contributed by atoms with Gasteiger partial charge in [-0.2, -0.15) is 0 Å². The number of hydrogen-bond acceptors (Lipinski definition) is 4. The Morgan fingerprint density at radius 2 is 1.73 bits per heavy atom. The van der Waals surface area contributed by atoms with E-state index in [1.165, 1.54) is 6.20 Å². The van der Waals surface area contributed by atoms with Gasteiger partial charge in [0.05, 0.1) is 0 Å². The Kier molecular flexibility index (Phi) is 5.59. The van der Waals surface area contributed by atoms with Crippen LogP contribution in [0.4, 0.5) is 0 Å². The number of aromatic nitrogens is 2. The van der Waals surface area contributed by atoms with Gasteiger partial charge in [-0.15, -0.1) is 0 Å². The zero-order chi connectivity index (χ0) is 15.8. The van der Waals surface area contributed by atoms with Crippen molar-refractivity contribution in [1.29, 1.82) is 0 Å². The number of carbonyl (C=O) groups excluding carboxylic acids is 2. The number of amides is 2. The molecule has 0 aliphatic rings. The van der Waals surface area contributed by atoms with Crippen molar-refractivity contribution in [3.8, 4) is 0 Å². The van der Waals surface area contributed by atoms with Gasteiger partial charge in [0.25, 0.3) is 11.8 Å². The van der Waals surface area contributed by atoms with Crippen LogP contribution in [0.2, 0.25) is 0 Å². The van der Waals surface area contributed by atoms with E-state index in [-0.39, 0.29) is 11.4 Å². The van der Waals surface area contributed by atoms with Crippen molar-refractivity contribution in [2.45, 2.75) is 26.2 Å². The van der Waals surface area contributed by atoms with Gasteiger partial charge in [0.15, 0.2) is 0 Å². The van der Waals surface area contributed by atoms with Crippen LogP contribution >= 0.6 is 0 Å². The van der Waals surface area contributed by atoms with Crippen molar-refractivity contribution in [3.05, 3.63) is 59.7 Å². The number of aryl methyl sites for hydroxylation is 1. The molecule has 0 spiro atoms. The SMILES string of the molecule is CCCCc1ccc(C(=O)NNC(=O)c2ccccn2)nc1. The van der Waals surface area contributed by atoms with Crippen molar-refractivity contribution in [3.63, 3.8) is 0 Å². The first-order valence-corrected chi connectivity index (χ1v) is 7.17. The summed E-state index contributed by atoms with van der Waals surface area (Å²) in [5, 5.41) is 0. The van der Waals surface area contributed by atoms with Gasteiger partial charge in [0.1, 0.15) is 11.4 Å². The summed E-state index contributed by atoms with van der Waals surface area (Å²) in [7, 11) is 0. The molecule has 2 N–H and O–H groups in total. The molecule has 2 amide bonds. The third-order valence-electron chi connectivity index (χ3n) is 3.06. The highest BCUT2D eigenvalue weighted by molar-refractivity contribution is 5.97. The van der Waals surface area contributed by atoms with Crippen LogP contribution in [0.5, 0.6) is 0 Å². The van der Waals surface area contributed by atoms with Gasteiger partial charge in [-0.3, -0.25) is 30.4 Å². The Bertz CT molecular complexity index is 626. The van der Waals surface area contributed by atoms with Gasteiger partial charge >= 0.3 is 0 Å². The number of nitrogens with one attached hydrogen (secondary N) is 2. The second-order valence-corrected chi connectivity index (χ2v) is 4.78. The maximum absolute atomic E-state index is 11.9. The summed E-state index contributed by atoms with van der Waals surface area (Å²) in [5.41, 5.74) is 6.20. The lowest BCUT2D eigenvalue weighted by atomic mass is 10.1. The van der Waals surface area contributed by atoms with E-state index in [0.29, 0.717) is 0 Å². The van der Waals surface area contributed by atoms with Gasteiger partial charge in [-0.25, -0.2) is 0 Å². The molecule has 0 saturated carbocycles. The fraction of sp³-hybridized carbons (Fsp3) is 0.250. The highest BCUT2D eigenvalue weighted by Crippen LogP contribution is 2.04. The summed E-state index contributed by atoms with van der Waals surface area (Å²) >= 11 is 0. The second kappa shape index (κ2) is 7.87. The zero-order valence-corrected chi connectivity index (χ0v) is 12.4. The van der Waals surface area contributed by atoms with Crippen molar-refractivity contribution in [1.82, 2.24) is 20.8 Å². The Morgan fingerprint density at radius 3 is 2.27 bits per heavy atom. The number of hydrogen-bond donors (Lipinski definition) is 2. The maximum Gasteiger partial charge on any atom is 0.288 e. The predicted octanol–water partition coefficient (Wildman–Crippen LogP) is 1.89. The highest BCUT2D eigenvalue weighted by Gasteiger charge is 2.10. The normalized spacial score (nSPS) is 10.0. The monoisotopic (exact) mass is 298 g/mol. The maximum atomic E-state index is 11.9. The number of hydrazine groups is 1. The molecule has 114 valence electrons. The van der Waals surface area contributed by atoms with Gasteiger partial charge in [0.2, 0.25) is 0 Å². The topological polar surface area (TPSA) is 84.0 Å². The summed E-state index contributed by atoms with van der Waals surface area (Å²) in [6.45, 7) is 2.12. The molecule has 0 aliphatic carbocycles. The third-order valence-corrected chi connectivity index (χ3v) is 3.06. The summed E-state index contributed by atoms with van der Waals surface area (Å²) in [5.74, 6) is -0.945. The first-order valence-electron chi connectivity index (χ1n) is 7.17. The van der Waals surface area contributed by atoms with Crippen LogP contribution < -0.4 is 10.9 Å². The Morgan fingerprint density at radius 1 is 1.00 bits per heavy atom. The molecule has 0 unspecified atom stereocenters. The molecule has 2 aromatic rings. The molecule has 6 nitrogen and oxygen atoms in total. The van der Waals surface area contributed by atoms with Gasteiger partial charge in [-0.1, -0.05) is 25.5 Å². The first kappa shape index (κ1) is 15.6. The number of nitrogens with zero attached hydrogens (tertiary/aromatic N) is 2. The molecule has 0 bridgehead atoms. The summed E-state index contributed by atoms with van der Waals surface area (Å²) in [6.07, 6.45) is 6.34. The van der Waals surface area contributed by atoms with Gasteiger partial charge in [0, 0.05) is 12.4 Å². The van der Waals surface area contributed by atoms with Crippen LogP contribution in [0.25, 0.3) is 0 Å². The minimum absolute atomic E-state index is 0.227. The van der Waals surface area contributed by atoms with E-state index in [1.54, 1.807) is 30.5 Å². The smallest absolute Gasteiger partial charge is 0.266 e. The van der Waals surface area contributed by atoms with E-state index in [0.717, 1.165) is 24.8 Å². The van der Waals surface area contributed by atoms with Crippen LogP contribution in [0.15, 0.2) is 42.7 Å². The molecule has 0 fully saturated rings. The number of rotatable bonds is 5. The zero-order valence-electron chi connectivity index (χ0n) is 12.4. The fourth-order valence-corrected chi connectivity index (χ4v) is 1.83. The largest absolute Gasteiger partial charge is 0.288 e. The quantitative estimate of drug-likeness (QED) is 0.826. The van der Waals surface area contributed by atoms with Crippen LogP contribution in [-0.4, -0.2) is 21.8 Å². The van der Waals surface area contributed by atoms with Crippen LogP contribution in [0.3, 0.4) is 0 Å². The number of carbonyl (C=O) groups is 2. The fourth-order valence-electron chi connectivity index (χ4n) is 1.83. The van der Waals surface area contributed by atoms with Crippen LogP contribution in [0, 0.1) is 0 Å². The van der Waals surface area contributed by atoms with Crippen LogP contribution in [-0.2, 0) is 6.42 Å². The molecule has 2 aromatic heterocycles. The van der Waals surface area contributed by atoms with E-state index >= 15 is 0 Å². The minimum atomic E-state index is -0.478. The van der Waals surface area contributed by atoms with E-state index in [1.807, 2.05) is 6.07 Å². The number of pyridine rings is 2. The average molecular weight is 298 g/mol. The molecule has 2 rings (SSSR count). The third kappa shape index (κ3) is 4.37.